The third kappa shape index (κ3) is 4.05. The molecule has 9 heteroatoms. The summed E-state index contributed by atoms with van der Waals surface area (Å²) >= 11 is 0. The first-order valence-electron chi connectivity index (χ1n) is 8.70. The van der Waals surface area contributed by atoms with Crippen molar-refractivity contribution in [2.24, 2.45) is 17.0 Å². The van der Waals surface area contributed by atoms with Gasteiger partial charge in [-0.15, -0.1) is 0 Å². The quantitative estimate of drug-likeness (QED) is 0.668. The molecule has 0 radical (unpaired) electrons. The fourth-order valence-electron chi connectivity index (χ4n) is 3.49. The van der Waals surface area contributed by atoms with Crippen LogP contribution in [-0.2, 0) is 19.6 Å². The zero-order valence-electron chi connectivity index (χ0n) is 14.6. The molecule has 4 N–H and O–H groups in total. The number of carbonyl (C=O) groups excluding carboxylic acids is 2. The highest BCUT2D eigenvalue weighted by atomic mass is 32.2. The zero-order valence-corrected chi connectivity index (χ0v) is 15.5. The molecule has 2 amide bonds. The highest BCUT2D eigenvalue weighted by Gasteiger charge is 2.36. The predicted molar refractivity (Wildman–Crippen MR) is 96.9 cm³/mol. The summed E-state index contributed by atoms with van der Waals surface area (Å²) in [5, 5.41) is 11.5. The number of anilines is 1. The van der Waals surface area contributed by atoms with Gasteiger partial charge in [-0.2, -0.15) is 0 Å². The average Bonchev–Trinajstić information content (AvgIpc) is 2.98. The van der Waals surface area contributed by atoms with E-state index in [1.54, 1.807) is 6.07 Å². The van der Waals surface area contributed by atoms with Crippen molar-refractivity contribution in [1.29, 1.82) is 0 Å². The van der Waals surface area contributed by atoms with E-state index in [9.17, 15) is 18.0 Å². The Morgan fingerprint density at radius 1 is 1.38 bits per heavy atom. The van der Waals surface area contributed by atoms with Gasteiger partial charge >= 0.3 is 0 Å². The first kappa shape index (κ1) is 18.8. The lowest BCUT2D eigenvalue weighted by Gasteiger charge is -2.31. The maximum atomic E-state index is 12.6. The number of nitrogens with zero attached hydrogens (tertiary/aromatic N) is 1. The molecule has 0 bridgehead atoms. The summed E-state index contributed by atoms with van der Waals surface area (Å²) in [4.78, 5) is 26.3. The molecule has 2 fully saturated rings. The Kier molecular flexibility index (Phi) is 5.31. The van der Waals surface area contributed by atoms with Crippen LogP contribution in [0, 0.1) is 11.8 Å². The third-order valence-electron chi connectivity index (χ3n) is 5.07. The topological polar surface area (TPSA) is 122 Å². The number of piperidine rings is 1. The Morgan fingerprint density at radius 3 is 2.85 bits per heavy atom. The van der Waals surface area contributed by atoms with Gasteiger partial charge in [0.25, 0.3) is 0 Å². The molecular weight excluding hydrogens is 356 g/mol. The first-order valence-corrected chi connectivity index (χ1v) is 10.2. The second-order valence-corrected chi connectivity index (χ2v) is 8.59. The van der Waals surface area contributed by atoms with Crippen LogP contribution in [0.4, 0.5) is 5.69 Å². The van der Waals surface area contributed by atoms with Crippen LogP contribution >= 0.6 is 0 Å². The molecule has 2 aliphatic heterocycles. The van der Waals surface area contributed by atoms with Gasteiger partial charge < -0.3 is 15.5 Å². The van der Waals surface area contributed by atoms with Gasteiger partial charge in [0.1, 0.15) is 0 Å². The van der Waals surface area contributed by atoms with E-state index in [0.717, 1.165) is 19.5 Å². The van der Waals surface area contributed by atoms with Crippen molar-refractivity contribution in [1.82, 2.24) is 10.6 Å². The van der Waals surface area contributed by atoms with Crippen LogP contribution in [0.5, 0.6) is 0 Å². The molecule has 26 heavy (non-hydrogen) atoms. The van der Waals surface area contributed by atoms with Gasteiger partial charge in [0.05, 0.1) is 10.8 Å². The minimum Gasteiger partial charge on any atom is -0.353 e. The standard InChI is InChI=1S/C17H24N4O4S/c1-11-9-19-6-5-15(11)20-17(23)12-7-16(22)21(10-12)13-3-2-4-14(8-13)26(18,24)25/h2-4,8,11-12,15,19H,5-7,9-10H2,1H3,(H,20,23)(H2,18,24,25). The number of hydrogen-bond donors (Lipinski definition) is 3. The average molecular weight is 380 g/mol. The van der Waals surface area contributed by atoms with E-state index in [1.165, 1.54) is 23.1 Å². The Balaban J connectivity index is 1.69. The highest BCUT2D eigenvalue weighted by Crippen LogP contribution is 2.27. The van der Waals surface area contributed by atoms with Crippen molar-refractivity contribution < 1.29 is 18.0 Å². The van der Waals surface area contributed by atoms with Crippen LogP contribution < -0.4 is 20.7 Å². The maximum Gasteiger partial charge on any atom is 0.238 e. The smallest absolute Gasteiger partial charge is 0.238 e. The molecule has 3 unspecified atom stereocenters. The lowest BCUT2D eigenvalue weighted by Crippen LogP contribution is -2.50. The molecule has 0 aromatic heterocycles. The van der Waals surface area contributed by atoms with Gasteiger partial charge in [-0.05, 0) is 43.6 Å². The number of nitrogens with one attached hydrogen (secondary N) is 2. The fraction of sp³-hybridized carbons (Fsp3) is 0.529. The second kappa shape index (κ2) is 7.34. The van der Waals surface area contributed by atoms with Crippen molar-refractivity contribution in [2.45, 2.75) is 30.7 Å². The van der Waals surface area contributed by atoms with Crippen molar-refractivity contribution >= 4 is 27.5 Å². The Hall–Kier alpha value is -1.97. The molecule has 2 aliphatic rings. The van der Waals surface area contributed by atoms with E-state index >= 15 is 0 Å². The number of rotatable bonds is 4. The Bertz CT molecular complexity index is 811. The summed E-state index contributed by atoms with van der Waals surface area (Å²) in [6.45, 7) is 4.05. The van der Waals surface area contributed by atoms with E-state index in [-0.39, 0.29) is 35.7 Å². The van der Waals surface area contributed by atoms with E-state index in [4.69, 9.17) is 5.14 Å². The summed E-state index contributed by atoms with van der Waals surface area (Å²) in [6, 6.07) is 6.03. The number of hydrogen-bond acceptors (Lipinski definition) is 5. The van der Waals surface area contributed by atoms with Crippen LogP contribution in [-0.4, -0.2) is 45.9 Å². The molecule has 0 aliphatic carbocycles. The SMILES string of the molecule is CC1CNCCC1NC(=O)C1CC(=O)N(c2cccc(S(N)(=O)=O)c2)C1. The van der Waals surface area contributed by atoms with Crippen LogP contribution in [0.1, 0.15) is 19.8 Å². The van der Waals surface area contributed by atoms with E-state index in [1.807, 2.05) is 0 Å². The summed E-state index contributed by atoms with van der Waals surface area (Å²) in [6.07, 6.45) is 0.985. The molecule has 2 heterocycles. The first-order chi connectivity index (χ1) is 12.3. The number of benzene rings is 1. The fourth-order valence-corrected chi connectivity index (χ4v) is 4.04. The second-order valence-electron chi connectivity index (χ2n) is 7.03. The van der Waals surface area contributed by atoms with Gasteiger partial charge in [-0.3, -0.25) is 9.59 Å². The van der Waals surface area contributed by atoms with Crippen LogP contribution in [0.2, 0.25) is 0 Å². The van der Waals surface area contributed by atoms with E-state index < -0.39 is 15.9 Å². The van der Waals surface area contributed by atoms with Crippen LogP contribution in [0.15, 0.2) is 29.2 Å². The molecule has 3 atom stereocenters. The summed E-state index contributed by atoms with van der Waals surface area (Å²) in [7, 11) is -3.85. The van der Waals surface area contributed by atoms with Gasteiger partial charge in [-0.1, -0.05) is 13.0 Å². The highest BCUT2D eigenvalue weighted by molar-refractivity contribution is 7.89. The Labute approximate surface area is 153 Å². The summed E-state index contributed by atoms with van der Waals surface area (Å²) in [5.41, 5.74) is 0.437. The third-order valence-corrected chi connectivity index (χ3v) is 5.98. The molecule has 1 aromatic carbocycles. The predicted octanol–water partition coefficient (Wildman–Crippen LogP) is -0.199. The molecule has 1 aromatic rings. The molecule has 0 spiro atoms. The normalized spacial score (nSPS) is 26.8. The van der Waals surface area contributed by atoms with Gasteiger partial charge in [0.15, 0.2) is 0 Å². The number of sulfonamides is 1. The van der Waals surface area contributed by atoms with Crippen LogP contribution in [0.3, 0.4) is 0 Å². The van der Waals surface area contributed by atoms with Crippen LogP contribution in [0.25, 0.3) is 0 Å². The molecule has 8 nitrogen and oxygen atoms in total. The summed E-state index contributed by atoms with van der Waals surface area (Å²) in [5.74, 6) is -0.424. The molecule has 3 rings (SSSR count). The van der Waals surface area contributed by atoms with Gasteiger partial charge in [0.2, 0.25) is 21.8 Å². The zero-order chi connectivity index (χ0) is 18.9. The molecule has 2 saturated heterocycles. The van der Waals surface area contributed by atoms with Crippen molar-refractivity contribution in [3.05, 3.63) is 24.3 Å². The minimum absolute atomic E-state index is 0.0563. The summed E-state index contributed by atoms with van der Waals surface area (Å²) < 4.78 is 23.0. The monoisotopic (exact) mass is 380 g/mol. The maximum absolute atomic E-state index is 12.6. The lowest BCUT2D eigenvalue weighted by atomic mass is 9.94. The molecule has 0 saturated carbocycles. The van der Waals surface area contributed by atoms with E-state index in [0.29, 0.717) is 11.6 Å². The number of nitrogens with two attached hydrogens (primary N) is 1. The minimum atomic E-state index is -3.85. The lowest BCUT2D eigenvalue weighted by molar-refractivity contribution is -0.127. The molecular formula is C17H24N4O4S. The number of carbonyl (C=O) groups is 2. The number of amides is 2. The van der Waals surface area contributed by atoms with Crippen molar-refractivity contribution in [2.75, 3.05) is 24.5 Å². The van der Waals surface area contributed by atoms with Gasteiger partial charge in [0, 0.05) is 24.7 Å². The van der Waals surface area contributed by atoms with E-state index in [2.05, 4.69) is 17.6 Å². The van der Waals surface area contributed by atoms with Crippen molar-refractivity contribution in [3.63, 3.8) is 0 Å². The molecule has 142 valence electrons. The number of primary sulfonamides is 1. The Morgan fingerprint density at radius 2 is 2.15 bits per heavy atom. The largest absolute Gasteiger partial charge is 0.353 e. The van der Waals surface area contributed by atoms with Gasteiger partial charge in [-0.25, -0.2) is 13.6 Å². The van der Waals surface area contributed by atoms with Crippen molar-refractivity contribution in [3.8, 4) is 0 Å².